The van der Waals surface area contributed by atoms with Crippen molar-refractivity contribution in [2.24, 2.45) is 5.92 Å². The Balaban J connectivity index is 1.19. The third-order valence-electron chi connectivity index (χ3n) is 7.41. The van der Waals surface area contributed by atoms with E-state index in [0.717, 1.165) is 64.7 Å². The highest BCUT2D eigenvalue weighted by molar-refractivity contribution is 5.97. The summed E-state index contributed by atoms with van der Waals surface area (Å²) in [6.07, 6.45) is 9.59. The Morgan fingerprint density at radius 3 is 2.77 bits per heavy atom. The molecule has 1 aromatic carbocycles. The number of carbonyl (C=O) groups excluding carboxylic acids is 1. The lowest BCUT2D eigenvalue weighted by Crippen LogP contribution is -2.30. The fourth-order valence-corrected chi connectivity index (χ4v) is 5.36. The quantitative estimate of drug-likeness (QED) is 0.239. The minimum Gasteiger partial charge on any atom is -0.335 e. The molecule has 1 aliphatic heterocycles. The summed E-state index contributed by atoms with van der Waals surface area (Å²) in [6, 6.07) is 15.8. The lowest BCUT2D eigenvalue weighted by molar-refractivity contribution is -0.117. The van der Waals surface area contributed by atoms with Crippen molar-refractivity contribution in [2.75, 3.05) is 18.4 Å². The van der Waals surface area contributed by atoms with E-state index in [2.05, 4.69) is 46.8 Å². The number of H-pyrrole nitrogens is 2. The number of amides is 1. The number of carbonyl (C=O) groups is 1. The number of fused-ring (bicyclic) bond motifs is 2. The van der Waals surface area contributed by atoms with Crippen LogP contribution in [0.3, 0.4) is 0 Å². The van der Waals surface area contributed by atoms with Crippen molar-refractivity contribution in [3.05, 3.63) is 73.3 Å². The summed E-state index contributed by atoms with van der Waals surface area (Å²) in [6.45, 7) is 1.95. The van der Waals surface area contributed by atoms with Crippen molar-refractivity contribution in [1.29, 1.82) is 0 Å². The first-order valence-electron chi connectivity index (χ1n) is 13.4. The minimum atomic E-state index is 0.0296. The Bertz CT molecular complexity index is 1820. The molecular formula is C30H27N9O. The van der Waals surface area contributed by atoms with Crippen molar-refractivity contribution in [1.82, 2.24) is 40.4 Å². The molecule has 40 heavy (non-hydrogen) atoms. The second kappa shape index (κ2) is 10.3. The zero-order valence-electron chi connectivity index (χ0n) is 21.7. The topological polar surface area (TPSA) is 137 Å². The van der Waals surface area contributed by atoms with Gasteiger partial charge in [-0.2, -0.15) is 5.10 Å². The molecule has 0 aliphatic carbocycles. The van der Waals surface area contributed by atoms with Crippen LogP contribution in [0.25, 0.3) is 56.0 Å². The fraction of sp³-hybridized carbons (Fsp3) is 0.200. The van der Waals surface area contributed by atoms with Crippen LogP contribution in [0.5, 0.6) is 0 Å². The van der Waals surface area contributed by atoms with E-state index in [9.17, 15) is 4.79 Å². The molecule has 7 rings (SSSR count). The number of nitrogens with one attached hydrogen (secondary N) is 4. The van der Waals surface area contributed by atoms with Crippen molar-refractivity contribution in [2.45, 2.75) is 19.3 Å². The number of hydrogen-bond donors (Lipinski definition) is 4. The number of pyridine rings is 3. The molecule has 10 heteroatoms. The first-order valence-corrected chi connectivity index (χ1v) is 13.4. The second-order valence-corrected chi connectivity index (χ2v) is 10.1. The van der Waals surface area contributed by atoms with Gasteiger partial charge in [-0.15, -0.1) is 0 Å². The Hall–Kier alpha value is -4.96. The van der Waals surface area contributed by atoms with E-state index in [0.29, 0.717) is 35.2 Å². The monoisotopic (exact) mass is 529 g/mol. The normalized spacial score (nSPS) is 14.1. The number of imidazole rings is 1. The van der Waals surface area contributed by atoms with Gasteiger partial charge in [0.1, 0.15) is 5.69 Å². The Morgan fingerprint density at radius 2 is 1.90 bits per heavy atom. The van der Waals surface area contributed by atoms with Gasteiger partial charge in [-0.1, -0.05) is 12.1 Å². The Labute approximate surface area is 229 Å². The van der Waals surface area contributed by atoms with Crippen LogP contribution in [-0.4, -0.2) is 54.1 Å². The van der Waals surface area contributed by atoms with Gasteiger partial charge >= 0.3 is 0 Å². The van der Waals surface area contributed by atoms with Crippen LogP contribution in [0.1, 0.15) is 19.3 Å². The molecule has 0 unspecified atom stereocenters. The van der Waals surface area contributed by atoms with Crippen molar-refractivity contribution < 1.29 is 4.79 Å². The van der Waals surface area contributed by atoms with Gasteiger partial charge in [0.25, 0.3) is 0 Å². The SMILES string of the molecule is O=C(CC1CCNCC1)Nc1cncc(-c2ccc3[nH]nc(-c4nc5nccc(-c6ccccn6)c5[nH]4)c3c2)c1. The van der Waals surface area contributed by atoms with Gasteiger partial charge < -0.3 is 15.6 Å². The summed E-state index contributed by atoms with van der Waals surface area (Å²) >= 11 is 0. The molecule has 1 saturated heterocycles. The molecule has 0 saturated carbocycles. The van der Waals surface area contributed by atoms with Gasteiger partial charge in [-0.25, -0.2) is 9.97 Å². The van der Waals surface area contributed by atoms with Crippen LogP contribution in [0.2, 0.25) is 0 Å². The fourth-order valence-electron chi connectivity index (χ4n) is 5.36. The highest BCUT2D eigenvalue weighted by atomic mass is 16.1. The first kappa shape index (κ1) is 24.1. The summed E-state index contributed by atoms with van der Waals surface area (Å²) in [5, 5.41) is 15.0. The Kier molecular flexibility index (Phi) is 6.21. The molecule has 1 amide bonds. The lowest BCUT2D eigenvalue weighted by atomic mass is 9.94. The second-order valence-electron chi connectivity index (χ2n) is 10.1. The molecule has 198 valence electrons. The molecule has 0 atom stereocenters. The average molecular weight is 530 g/mol. The van der Waals surface area contributed by atoms with Gasteiger partial charge in [0, 0.05) is 41.5 Å². The van der Waals surface area contributed by atoms with Crippen molar-refractivity contribution >= 4 is 33.7 Å². The molecular weight excluding hydrogens is 502 g/mol. The van der Waals surface area contributed by atoms with Crippen LogP contribution >= 0.6 is 0 Å². The van der Waals surface area contributed by atoms with Gasteiger partial charge in [0.15, 0.2) is 11.5 Å². The maximum atomic E-state index is 12.7. The van der Waals surface area contributed by atoms with Crippen molar-refractivity contribution in [3.63, 3.8) is 0 Å². The number of hydrogen-bond acceptors (Lipinski definition) is 7. The summed E-state index contributed by atoms with van der Waals surface area (Å²) < 4.78 is 0. The van der Waals surface area contributed by atoms with Gasteiger partial charge in [-0.05, 0) is 73.8 Å². The molecule has 5 aromatic heterocycles. The molecule has 6 aromatic rings. The number of benzene rings is 1. The Morgan fingerprint density at radius 1 is 0.975 bits per heavy atom. The van der Waals surface area contributed by atoms with Gasteiger partial charge in [0.2, 0.25) is 5.91 Å². The van der Waals surface area contributed by atoms with E-state index < -0.39 is 0 Å². The van der Waals surface area contributed by atoms with Gasteiger partial charge in [-0.3, -0.25) is 19.9 Å². The zero-order chi connectivity index (χ0) is 26.9. The number of piperidine rings is 1. The molecule has 6 heterocycles. The predicted molar refractivity (Wildman–Crippen MR) is 154 cm³/mol. The molecule has 10 nitrogen and oxygen atoms in total. The summed E-state index contributed by atoms with van der Waals surface area (Å²) in [4.78, 5) is 34.2. The van der Waals surface area contributed by atoms with Crippen LogP contribution in [-0.2, 0) is 4.79 Å². The number of nitrogens with zero attached hydrogens (tertiary/aromatic N) is 5. The standard InChI is InChI=1S/C30H27N9O/c40-26(13-18-6-10-31-11-7-18)35-21-14-20(16-32-17-21)19-4-5-25-23(15-19)28(39-38-25)30-36-27-22(8-12-34-29(27)37-30)24-3-1-2-9-33-24/h1-5,8-9,12,14-18,31H,6-7,10-11,13H2,(H,35,40)(H,38,39)(H,34,36,37). The zero-order valence-corrected chi connectivity index (χ0v) is 21.7. The summed E-state index contributed by atoms with van der Waals surface area (Å²) in [7, 11) is 0. The third-order valence-corrected chi connectivity index (χ3v) is 7.41. The van der Waals surface area contributed by atoms with E-state index in [4.69, 9.17) is 4.98 Å². The van der Waals surface area contributed by atoms with Crippen LogP contribution in [0.4, 0.5) is 5.69 Å². The lowest BCUT2D eigenvalue weighted by Gasteiger charge is -2.21. The van der Waals surface area contributed by atoms with Gasteiger partial charge in [0.05, 0.1) is 28.6 Å². The molecule has 0 bridgehead atoms. The van der Waals surface area contributed by atoms with Crippen LogP contribution in [0, 0.1) is 5.92 Å². The first-order chi connectivity index (χ1) is 19.7. The van der Waals surface area contributed by atoms with Crippen LogP contribution < -0.4 is 10.6 Å². The molecule has 0 spiro atoms. The maximum Gasteiger partial charge on any atom is 0.224 e. The minimum absolute atomic E-state index is 0.0296. The molecule has 4 N–H and O–H groups in total. The predicted octanol–water partition coefficient (Wildman–Crippen LogP) is 4.95. The molecule has 0 radical (unpaired) electrons. The smallest absolute Gasteiger partial charge is 0.224 e. The summed E-state index contributed by atoms with van der Waals surface area (Å²) in [5.41, 5.74) is 7.30. The number of aromatic amines is 2. The molecule has 1 aliphatic rings. The van der Waals surface area contributed by atoms with E-state index in [1.165, 1.54) is 0 Å². The van der Waals surface area contributed by atoms with E-state index in [1.54, 1.807) is 24.8 Å². The molecule has 1 fully saturated rings. The average Bonchev–Trinajstić information content (AvgIpc) is 3.62. The number of rotatable bonds is 6. The van der Waals surface area contributed by atoms with Crippen LogP contribution in [0.15, 0.2) is 73.3 Å². The number of aromatic nitrogens is 7. The highest BCUT2D eigenvalue weighted by Crippen LogP contribution is 2.32. The summed E-state index contributed by atoms with van der Waals surface area (Å²) in [5.74, 6) is 1.07. The largest absolute Gasteiger partial charge is 0.335 e. The van der Waals surface area contributed by atoms with E-state index in [-0.39, 0.29) is 5.91 Å². The number of anilines is 1. The maximum absolute atomic E-state index is 12.7. The highest BCUT2D eigenvalue weighted by Gasteiger charge is 2.18. The van der Waals surface area contributed by atoms with E-state index >= 15 is 0 Å². The third kappa shape index (κ3) is 4.69. The van der Waals surface area contributed by atoms with Crippen molar-refractivity contribution in [3.8, 4) is 33.9 Å². The van der Waals surface area contributed by atoms with E-state index in [1.807, 2.05) is 42.5 Å².